The summed E-state index contributed by atoms with van der Waals surface area (Å²) in [5.74, 6) is 4.11. The average Bonchev–Trinajstić information content (AvgIpc) is 3.20. The number of nitrogens with one attached hydrogen (secondary N) is 2. The summed E-state index contributed by atoms with van der Waals surface area (Å²) in [7, 11) is 0. The molecule has 1 aliphatic carbocycles. The molecular formula is C12H12FN5OS. The van der Waals surface area contributed by atoms with E-state index in [1.165, 1.54) is 23.6 Å². The zero-order valence-electron chi connectivity index (χ0n) is 10.4. The number of hydrogen-bond donors (Lipinski definition) is 3. The van der Waals surface area contributed by atoms with E-state index in [4.69, 9.17) is 5.84 Å². The van der Waals surface area contributed by atoms with Crippen LogP contribution in [0, 0.1) is 5.82 Å². The molecule has 3 rings (SSSR count). The second-order valence-corrected chi connectivity index (χ2v) is 5.33. The number of nitrogens with two attached hydrogens (primary N) is 1. The first kappa shape index (κ1) is 12.9. The zero-order valence-corrected chi connectivity index (χ0v) is 11.2. The number of nitrogen functional groups attached to an aromatic ring is 1. The predicted octanol–water partition coefficient (Wildman–Crippen LogP) is 2.09. The molecule has 1 fully saturated rings. The van der Waals surface area contributed by atoms with Crippen LogP contribution in [0.2, 0.25) is 0 Å². The summed E-state index contributed by atoms with van der Waals surface area (Å²) in [6.45, 7) is 0. The van der Waals surface area contributed by atoms with Gasteiger partial charge >= 0.3 is 0 Å². The van der Waals surface area contributed by atoms with Crippen molar-refractivity contribution in [2.24, 2.45) is 5.84 Å². The summed E-state index contributed by atoms with van der Waals surface area (Å²) in [6.07, 6.45) is 3.59. The second-order valence-electron chi connectivity index (χ2n) is 4.47. The maximum absolute atomic E-state index is 13.9. The Morgan fingerprint density at radius 1 is 1.50 bits per heavy atom. The minimum atomic E-state index is -0.786. The number of anilines is 2. The zero-order chi connectivity index (χ0) is 14.1. The molecule has 2 heterocycles. The van der Waals surface area contributed by atoms with Crippen LogP contribution >= 0.6 is 11.3 Å². The van der Waals surface area contributed by atoms with E-state index in [2.05, 4.69) is 20.7 Å². The second kappa shape index (κ2) is 5.14. The van der Waals surface area contributed by atoms with Gasteiger partial charge in [0, 0.05) is 17.5 Å². The van der Waals surface area contributed by atoms with E-state index in [0.717, 1.165) is 18.5 Å². The van der Waals surface area contributed by atoms with E-state index in [1.54, 1.807) is 0 Å². The Bertz CT molecular complexity index is 655. The van der Waals surface area contributed by atoms with Gasteiger partial charge in [0.2, 0.25) is 0 Å². The Morgan fingerprint density at radius 3 is 3.00 bits per heavy atom. The van der Waals surface area contributed by atoms with E-state index in [0.29, 0.717) is 11.0 Å². The minimum absolute atomic E-state index is 0.129. The SMILES string of the molecule is NNc1nccc(C(=O)Nc2nc(C3CC3)cs2)c1F. The van der Waals surface area contributed by atoms with Gasteiger partial charge in [-0.05, 0) is 18.9 Å². The number of carbonyl (C=O) groups is 1. The number of pyridine rings is 1. The molecule has 2 aromatic heterocycles. The molecule has 0 aliphatic heterocycles. The molecule has 0 aromatic carbocycles. The summed E-state index contributed by atoms with van der Waals surface area (Å²) >= 11 is 1.34. The number of rotatable bonds is 4. The van der Waals surface area contributed by atoms with E-state index in [9.17, 15) is 9.18 Å². The highest BCUT2D eigenvalue weighted by atomic mass is 32.1. The third-order valence-electron chi connectivity index (χ3n) is 3.01. The van der Waals surface area contributed by atoms with E-state index >= 15 is 0 Å². The Labute approximate surface area is 118 Å². The highest BCUT2D eigenvalue weighted by Gasteiger charge is 2.26. The lowest BCUT2D eigenvalue weighted by Crippen LogP contribution is -2.17. The average molecular weight is 293 g/mol. The summed E-state index contributed by atoms with van der Waals surface area (Å²) < 4.78 is 13.9. The molecule has 8 heteroatoms. The Hall–Kier alpha value is -2.06. The molecule has 0 saturated heterocycles. The standard InChI is InChI=1S/C12H12FN5OS/c13-9-7(3-4-15-10(9)18-14)11(19)17-12-16-8(5-20-12)6-1-2-6/h3-6H,1-2,14H2,(H,15,18)(H,16,17,19). The van der Waals surface area contributed by atoms with Gasteiger partial charge in [-0.15, -0.1) is 11.3 Å². The fourth-order valence-corrected chi connectivity index (χ4v) is 2.58. The molecule has 1 saturated carbocycles. The van der Waals surface area contributed by atoms with Gasteiger partial charge in [-0.25, -0.2) is 20.2 Å². The van der Waals surface area contributed by atoms with Crippen molar-refractivity contribution in [3.05, 3.63) is 34.7 Å². The number of carbonyl (C=O) groups excluding carboxylic acids is 1. The number of nitrogens with zero attached hydrogens (tertiary/aromatic N) is 2. The van der Waals surface area contributed by atoms with Crippen LogP contribution in [0.25, 0.3) is 0 Å². The van der Waals surface area contributed by atoms with E-state index in [1.807, 2.05) is 5.38 Å². The Morgan fingerprint density at radius 2 is 2.30 bits per heavy atom. The lowest BCUT2D eigenvalue weighted by molar-refractivity contribution is 0.102. The smallest absolute Gasteiger partial charge is 0.260 e. The van der Waals surface area contributed by atoms with Crippen LogP contribution < -0.4 is 16.6 Å². The summed E-state index contributed by atoms with van der Waals surface area (Å²) in [5, 5.41) is 4.97. The van der Waals surface area contributed by atoms with Crippen molar-refractivity contribution >= 4 is 28.2 Å². The summed E-state index contributed by atoms with van der Waals surface area (Å²) in [5.41, 5.74) is 2.96. The third kappa shape index (κ3) is 2.47. The predicted molar refractivity (Wildman–Crippen MR) is 74.0 cm³/mol. The highest BCUT2D eigenvalue weighted by molar-refractivity contribution is 7.14. The fraction of sp³-hybridized carbons (Fsp3) is 0.250. The van der Waals surface area contributed by atoms with Crippen LogP contribution in [0.1, 0.15) is 34.8 Å². The van der Waals surface area contributed by atoms with Crippen LogP contribution in [0.5, 0.6) is 0 Å². The third-order valence-corrected chi connectivity index (χ3v) is 3.78. The van der Waals surface area contributed by atoms with Crippen LogP contribution in [0.4, 0.5) is 15.3 Å². The molecule has 0 radical (unpaired) electrons. The van der Waals surface area contributed by atoms with Gasteiger partial charge in [0.05, 0.1) is 11.3 Å². The van der Waals surface area contributed by atoms with Crippen molar-refractivity contribution in [2.45, 2.75) is 18.8 Å². The molecule has 1 amide bonds. The van der Waals surface area contributed by atoms with Crippen molar-refractivity contribution in [2.75, 3.05) is 10.7 Å². The largest absolute Gasteiger partial charge is 0.306 e. The number of hydrazine groups is 1. The molecule has 6 nitrogen and oxygen atoms in total. The molecule has 0 bridgehead atoms. The van der Waals surface area contributed by atoms with Gasteiger partial charge in [-0.3, -0.25) is 10.1 Å². The van der Waals surface area contributed by atoms with E-state index < -0.39 is 11.7 Å². The van der Waals surface area contributed by atoms with Gasteiger partial charge in [0.1, 0.15) is 0 Å². The summed E-state index contributed by atoms with van der Waals surface area (Å²) in [4.78, 5) is 20.0. The molecule has 0 spiro atoms. The number of thiazole rings is 1. The van der Waals surface area contributed by atoms with Gasteiger partial charge in [-0.2, -0.15) is 0 Å². The Kier molecular flexibility index (Phi) is 3.33. The summed E-state index contributed by atoms with van der Waals surface area (Å²) in [6, 6.07) is 1.29. The fourth-order valence-electron chi connectivity index (χ4n) is 1.79. The van der Waals surface area contributed by atoms with Crippen molar-refractivity contribution in [3.63, 3.8) is 0 Å². The van der Waals surface area contributed by atoms with Crippen molar-refractivity contribution in [1.82, 2.24) is 9.97 Å². The lowest BCUT2D eigenvalue weighted by atomic mass is 10.2. The number of hydrogen-bond acceptors (Lipinski definition) is 6. The van der Waals surface area contributed by atoms with E-state index in [-0.39, 0.29) is 11.4 Å². The number of halogens is 1. The molecule has 4 N–H and O–H groups in total. The maximum Gasteiger partial charge on any atom is 0.260 e. The first-order chi connectivity index (χ1) is 9.69. The quantitative estimate of drug-likeness (QED) is 0.593. The van der Waals surface area contributed by atoms with Crippen LogP contribution in [0.3, 0.4) is 0 Å². The van der Waals surface area contributed by atoms with Crippen molar-refractivity contribution in [1.29, 1.82) is 0 Å². The first-order valence-electron chi connectivity index (χ1n) is 6.07. The van der Waals surface area contributed by atoms with Gasteiger partial charge < -0.3 is 5.43 Å². The number of aromatic nitrogens is 2. The van der Waals surface area contributed by atoms with Crippen LogP contribution in [-0.2, 0) is 0 Å². The Balaban J connectivity index is 1.78. The normalized spacial score (nSPS) is 14.1. The monoisotopic (exact) mass is 293 g/mol. The van der Waals surface area contributed by atoms with Gasteiger partial charge in [0.25, 0.3) is 5.91 Å². The molecule has 20 heavy (non-hydrogen) atoms. The molecule has 1 aliphatic rings. The van der Waals surface area contributed by atoms with Crippen LogP contribution in [-0.4, -0.2) is 15.9 Å². The molecule has 0 atom stereocenters. The number of amides is 1. The minimum Gasteiger partial charge on any atom is -0.306 e. The van der Waals surface area contributed by atoms with Crippen LogP contribution in [0.15, 0.2) is 17.6 Å². The van der Waals surface area contributed by atoms with Crippen molar-refractivity contribution in [3.8, 4) is 0 Å². The molecule has 2 aromatic rings. The maximum atomic E-state index is 13.9. The molecule has 0 unspecified atom stereocenters. The van der Waals surface area contributed by atoms with Gasteiger partial charge in [-0.1, -0.05) is 0 Å². The molecular weight excluding hydrogens is 281 g/mol. The topological polar surface area (TPSA) is 92.9 Å². The first-order valence-corrected chi connectivity index (χ1v) is 6.95. The van der Waals surface area contributed by atoms with Crippen molar-refractivity contribution < 1.29 is 9.18 Å². The highest BCUT2D eigenvalue weighted by Crippen LogP contribution is 2.40. The lowest BCUT2D eigenvalue weighted by Gasteiger charge is -2.06. The molecule has 104 valence electrons. The van der Waals surface area contributed by atoms with Gasteiger partial charge in [0.15, 0.2) is 16.8 Å².